The molecule has 5 nitrogen and oxygen atoms in total. The quantitative estimate of drug-likeness (QED) is 0.747. The molecule has 0 bridgehead atoms. The van der Waals surface area contributed by atoms with Gasteiger partial charge in [0.15, 0.2) is 0 Å². The first-order valence-corrected chi connectivity index (χ1v) is 8.35. The van der Waals surface area contributed by atoms with Gasteiger partial charge < -0.3 is 10.5 Å². The maximum absolute atomic E-state index is 12.3. The first-order chi connectivity index (χ1) is 9.56. The van der Waals surface area contributed by atoms with Gasteiger partial charge in [-0.1, -0.05) is 12.1 Å². The Morgan fingerprint density at radius 1 is 1.35 bits per heavy atom. The average molecular weight is 298 g/mol. The molecule has 3 N–H and O–H groups in total. The fourth-order valence-corrected chi connectivity index (χ4v) is 3.48. The summed E-state index contributed by atoms with van der Waals surface area (Å²) in [6.07, 6.45) is 2.89. The summed E-state index contributed by atoms with van der Waals surface area (Å²) in [5.41, 5.74) is 6.70. The molecular formula is C14H22N2O3S. The minimum Gasteiger partial charge on any atom is -0.384 e. The molecule has 0 amide bonds. The van der Waals surface area contributed by atoms with Crippen LogP contribution in [0.5, 0.6) is 0 Å². The second kappa shape index (κ2) is 6.67. The topological polar surface area (TPSA) is 81.4 Å². The van der Waals surface area contributed by atoms with E-state index in [0.29, 0.717) is 19.1 Å². The van der Waals surface area contributed by atoms with E-state index in [1.54, 1.807) is 19.2 Å². The summed E-state index contributed by atoms with van der Waals surface area (Å²) in [5.74, 6) is 0.399. The molecule has 0 radical (unpaired) electrons. The fourth-order valence-electron chi connectivity index (χ4n) is 2.16. The van der Waals surface area contributed by atoms with Crippen molar-refractivity contribution in [1.29, 1.82) is 0 Å². The van der Waals surface area contributed by atoms with E-state index in [0.717, 1.165) is 24.8 Å². The van der Waals surface area contributed by atoms with Crippen LogP contribution < -0.4 is 10.5 Å². The smallest absolute Gasteiger partial charge is 0.240 e. The van der Waals surface area contributed by atoms with Gasteiger partial charge >= 0.3 is 0 Å². The lowest BCUT2D eigenvalue weighted by molar-refractivity contribution is 0.202. The van der Waals surface area contributed by atoms with Crippen molar-refractivity contribution in [2.45, 2.75) is 30.2 Å². The number of methoxy groups -OCH3 is 1. The Bertz CT molecular complexity index is 524. The van der Waals surface area contributed by atoms with Crippen LogP contribution in [0.15, 0.2) is 29.2 Å². The SMILES string of the molecule is COCCc1ccc(S(=O)(=O)NC(CN)C2CC2)cc1. The molecule has 1 unspecified atom stereocenters. The van der Waals surface area contributed by atoms with E-state index < -0.39 is 10.0 Å². The summed E-state index contributed by atoms with van der Waals surface area (Å²) in [6.45, 7) is 0.969. The molecule has 0 aromatic heterocycles. The van der Waals surface area contributed by atoms with E-state index >= 15 is 0 Å². The van der Waals surface area contributed by atoms with Crippen LogP contribution in [0.1, 0.15) is 18.4 Å². The Kier molecular flexibility index (Phi) is 5.15. The van der Waals surface area contributed by atoms with Crippen molar-refractivity contribution in [3.05, 3.63) is 29.8 Å². The zero-order valence-corrected chi connectivity index (χ0v) is 12.5. The standard InChI is InChI=1S/C14H22N2O3S/c1-19-9-8-11-2-6-13(7-3-11)20(17,18)16-14(10-15)12-4-5-12/h2-3,6-7,12,14,16H,4-5,8-10,15H2,1H3. The molecule has 1 atom stereocenters. The molecule has 20 heavy (non-hydrogen) atoms. The van der Waals surface area contributed by atoms with Crippen LogP contribution in [0, 0.1) is 5.92 Å². The normalized spacial score (nSPS) is 17.1. The lowest BCUT2D eigenvalue weighted by Gasteiger charge is -2.16. The zero-order chi connectivity index (χ0) is 14.6. The third-order valence-electron chi connectivity index (χ3n) is 3.58. The van der Waals surface area contributed by atoms with E-state index in [1.165, 1.54) is 0 Å². The van der Waals surface area contributed by atoms with Crippen molar-refractivity contribution in [1.82, 2.24) is 4.72 Å². The van der Waals surface area contributed by atoms with Crippen LogP contribution in [0.3, 0.4) is 0 Å². The number of hydrogen-bond acceptors (Lipinski definition) is 4. The Morgan fingerprint density at radius 3 is 2.50 bits per heavy atom. The number of nitrogens with one attached hydrogen (secondary N) is 1. The molecule has 2 rings (SSSR count). The van der Waals surface area contributed by atoms with Crippen molar-refractivity contribution >= 4 is 10.0 Å². The Hall–Kier alpha value is -0.950. The highest BCUT2D eigenvalue weighted by Crippen LogP contribution is 2.32. The molecular weight excluding hydrogens is 276 g/mol. The van der Waals surface area contributed by atoms with Gasteiger partial charge in [-0.05, 0) is 42.9 Å². The minimum atomic E-state index is -3.48. The molecule has 0 saturated heterocycles. The Morgan fingerprint density at radius 2 is 2.00 bits per heavy atom. The van der Waals surface area contributed by atoms with Crippen LogP contribution in [-0.2, 0) is 21.2 Å². The second-order valence-corrected chi connectivity index (χ2v) is 6.90. The van der Waals surface area contributed by atoms with Gasteiger partial charge in [0.25, 0.3) is 0 Å². The summed E-state index contributed by atoms with van der Waals surface area (Å²) in [4.78, 5) is 0.290. The molecule has 1 aromatic carbocycles. The molecule has 0 aliphatic heterocycles. The summed E-state index contributed by atoms with van der Waals surface area (Å²) in [6, 6.07) is 6.76. The molecule has 6 heteroatoms. The van der Waals surface area contributed by atoms with Gasteiger partial charge in [-0.15, -0.1) is 0 Å². The minimum absolute atomic E-state index is 0.145. The summed E-state index contributed by atoms with van der Waals surface area (Å²) < 4.78 is 32.2. The first-order valence-electron chi connectivity index (χ1n) is 6.87. The van der Waals surface area contributed by atoms with Crippen LogP contribution in [-0.4, -0.2) is 34.7 Å². The average Bonchev–Trinajstić information content (AvgIpc) is 3.27. The molecule has 1 aliphatic rings. The van der Waals surface area contributed by atoms with Gasteiger partial charge in [-0.3, -0.25) is 0 Å². The van der Waals surface area contributed by atoms with Crippen LogP contribution in [0.25, 0.3) is 0 Å². The zero-order valence-electron chi connectivity index (χ0n) is 11.7. The molecule has 1 saturated carbocycles. The van der Waals surface area contributed by atoms with Crippen molar-refractivity contribution in [3.63, 3.8) is 0 Å². The molecule has 1 aromatic rings. The highest BCUT2D eigenvalue weighted by molar-refractivity contribution is 7.89. The number of sulfonamides is 1. The van der Waals surface area contributed by atoms with E-state index in [-0.39, 0.29) is 10.9 Å². The molecule has 0 spiro atoms. The largest absolute Gasteiger partial charge is 0.384 e. The van der Waals surface area contributed by atoms with E-state index in [1.807, 2.05) is 12.1 Å². The fraction of sp³-hybridized carbons (Fsp3) is 0.571. The second-order valence-electron chi connectivity index (χ2n) is 5.19. The highest BCUT2D eigenvalue weighted by atomic mass is 32.2. The van der Waals surface area contributed by atoms with E-state index in [2.05, 4.69) is 4.72 Å². The molecule has 1 aliphatic carbocycles. The maximum Gasteiger partial charge on any atom is 0.240 e. The van der Waals surface area contributed by atoms with Gasteiger partial charge in [0, 0.05) is 19.7 Å². The monoisotopic (exact) mass is 298 g/mol. The third-order valence-corrected chi connectivity index (χ3v) is 5.09. The van der Waals surface area contributed by atoms with E-state index in [4.69, 9.17) is 10.5 Å². The Labute approximate surface area is 120 Å². The van der Waals surface area contributed by atoms with Crippen LogP contribution in [0.2, 0.25) is 0 Å². The summed E-state index contributed by atoms with van der Waals surface area (Å²) >= 11 is 0. The lowest BCUT2D eigenvalue weighted by atomic mass is 10.2. The van der Waals surface area contributed by atoms with Crippen molar-refractivity contribution in [2.75, 3.05) is 20.3 Å². The lowest BCUT2D eigenvalue weighted by Crippen LogP contribution is -2.41. The predicted molar refractivity (Wildman–Crippen MR) is 77.9 cm³/mol. The van der Waals surface area contributed by atoms with E-state index in [9.17, 15) is 8.42 Å². The van der Waals surface area contributed by atoms with Crippen molar-refractivity contribution < 1.29 is 13.2 Å². The number of rotatable bonds is 8. The van der Waals surface area contributed by atoms with Gasteiger partial charge in [0.1, 0.15) is 0 Å². The number of benzene rings is 1. The summed E-state index contributed by atoms with van der Waals surface area (Å²) in [5, 5.41) is 0. The molecule has 112 valence electrons. The van der Waals surface area contributed by atoms with Gasteiger partial charge in [0.05, 0.1) is 11.5 Å². The number of ether oxygens (including phenoxy) is 1. The van der Waals surface area contributed by atoms with Crippen molar-refractivity contribution in [3.8, 4) is 0 Å². The molecule has 1 fully saturated rings. The van der Waals surface area contributed by atoms with Crippen molar-refractivity contribution in [2.24, 2.45) is 11.7 Å². The predicted octanol–water partition coefficient (Wildman–Crippen LogP) is 0.891. The van der Waals surface area contributed by atoms with Gasteiger partial charge in [0.2, 0.25) is 10.0 Å². The maximum atomic E-state index is 12.3. The number of nitrogens with two attached hydrogens (primary N) is 1. The van der Waals surface area contributed by atoms with Gasteiger partial charge in [-0.25, -0.2) is 13.1 Å². The third kappa shape index (κ3) is 4.02. The summed E-state index contributed by atoms with van der Waals surface area (Å²) in [7, 11) is -1.83. The Balaban J connectivity index is 2.04. The number of hydrogen-bond donors (Lipinski definition) is 2. The van der Waals surface area contributed by atoms with Gasteiger partial charge in [-0.2, -0.15) is 0 Å². The first kappa shape index (κ1) is 15.4. The highest BCUT2D eigenvalue weighted by Gasteiger charge is 2.33. The van der Waals surface area contributed by atoms with Crippen LogP contribution in [0.4, 0.5) is 0 Å². The van der Waals surface area contributed by atoms with Crippen LogP contribution >= 0.6 is 0 Å². The molecule has 0 heterocycles.